The van der Waals surface area contributed by atoms with Crippen LogP contribution >= 0.6 is 31.9 Å². The molecular weight excluding hydrogens is 405 g/mol. The lowest BCUT2D eigenvalue weighted by Gasteiger charge is -2.14. The van der Waals surface area contributed by atoms with E-state index < -0.39 is 11.7 Å². The standard InChI is InChI=1S/C15H12Br2FNO2/c1-8-6-9(16)7-12(21-2)14(8)19-15(20)10-4-3-5-11(17)13(10)18/h3-7H,1-2H3,(H,19,20). The van der Waals surface area contributed by atoms with Gasteiger partial charge in [0, 0.05) is 4.47 Å². The van der Waals surface area contributed by atoms with Crippen LogP contribution in [-0.2, 0) is 0 Å². The van der Waals surface area contributed by atoms with Gasteiger partial charge in [-0.05, 0) is 52.7 Å². The number of ether oxygens (including phenoxy) is 1. The third-order valence-corrected chi connectivity index (χ3v) is 3.99. The number of amides is 1. The Morgan fingerprint density at radius 1 is 1.29 bits per heavy atom. The van der Waals surface area contributed by atoms with E-state index in [1.807, 2.05) is 13.0 Å². The summed E-state index contributed by atoms with van der Waals surface area (Å²) in [7, 11) is 1.51. The summed E-state index contributed by atoms with van der Waals surface area (Å²) in [6.45, 7) is 1.83. The fourth-order valence-corrected chi connectivity index (χ4v) is 2.81. The smallest absolute Gasteiger partial charge is 0.258 e. The van der Waals surface area contributed by atoms with E-state index in [1.165, 1.54) is 19.2 Å². The molecule has 0 unspecified atom stereocenters. The first-order chi connectivity index (χ1) is 9.93. The number of methoxy groups -OCH3 is 1. The largest absolute Gasteiger partial charge is 0.495 e. The van der Waals surface area contributed by atoms with E-state index in [0.717, 1.165) is 10.0 Å². The average Bonchev–Trinajstić information content (AvgIpc) is 2.44. The summed E-state index contributed by atoms with van der Waals surface area (Å²) in [4.78, 5) is 12.3. The number of hydrogen-bond acceptors (Lipinski definition) is 2. The molecule has 0 radical (unpaired) electrons. The number of rotatable bonds is 3. The zero-order valence-electron chi connectivity index (χ0n) is 11.3. The first kappa shape index (κ1) is 16.0. The molecule has 6 heteroatoms. The lowest BCUT2D eigenvalue weighted by atomic mass is 10.1. The van der Waals surface area contributed by atoms with Gasteiger partial charge in [-0.15, -0.1) is 0 Å². The Morgan fingerprint density at radius 3 is 2.67 bits per heavy atom. The number of carbonyl (C=O) groups is 1. The minimum atomic E-state index is -0.594. The molecule has 110 valence electrons. The monoisotopic (exact) mass is 415 g/mol. The number of hydrogen-bond donors (Lipinski definition) is 1. The molecule has 0 atom stereocenters. The molecule has 0 saturated carbocycles. The molecule has 1 N–H and O–H groups in total. The molecule has 0 saturated heterocycles. The lowest BCUT2D eigenvalue weighted by molar-refractivity contribution is 0.102. The Kier molecular flexibility index (Phi) is 5.00. The van der Waals surface area contributed by atoms with Crippen LogP contribution in [0.2, 0.25) is 0 Å². The molecular formula is C15H12Br2FNO2. The van der Waals surface area contributed by atoms with Crippen molar-refractivity contribution in [3.8, 4) is 5.75 Å². The molecule has 21 heavy (non-hydrogen) atoms. The average molecular weight is 417 g/mol. The van der Waals surface area contributed by atoms with Gasteiger partial charge in [-0.3, -0.25) is 4.79 Å². The first-order valence-corrected chi connectivity index (χ1v) is 7.62. The normalized spacial score (nSPS) is 10.3. The van der Waals surface area contributed by atoms with E-state index >= 15 is 0 Å². The summed E-state index contributed by atoms with van der Waals surface area (Å²) >= 11 is 6.43. The van der Waals surface area contributed by atoms with Crippen LogP contribution in [0.25, 0.3) is 0 Å². The van der Waals surface area contributed by atoms with Crippen molar-refractivity contribution in [1.29, 1.82) is 0 Å². The molecule has 0 aromatic heterocycles. The van der Waals surface area contributed by atoms with Crippen LogP contribution in [0.15, 0.2) is 39.3 Å². The van der Waals surface area contributed by atoms with Crippen molar-refractivity contribution >= 4 is 43.5 Å². The molecule has 0 bridgehead atoms. The van der Waals surface area contributed by atoms with Crippen molar-refractivity contribution in [2.24, 2.45) is 0 Å². The van der Waals surface area contributed by atoms with Crippen molar-refractivity contribution < 1.29 is 13.9 Å². The predicted molar refractivity (Wildman–Crippen MR) is 87.5 cm³/mol. The van der Waals surface area contributed by atoms with Crippen LogP contribution in [-0.4, -0.2) is 13.0 Å². The highest BCUT2D eigenvalue weighted by molar-refractivity contribution is 9.10. The minimum absolute atomic E-state index is 0.0336. The number of carbonyl (C=O) groups excluding carboxylic acids is 1. The number of halogens is 3. The SMILES string of the molecule is COc1cc(Br)cc(C)c1NC(=O)c1cccc(Br)c1F. The molecule has 2 aromatic rings. The third-order valence-electron chi connectivity index (χ3n) is 2.92. The van der Waals surface area contributed by atoms with Crippen LogP contribution in [0.5, 0.6) is 5.75 Å². The Morgan fingerprint density at radius 2 is 2.00 bits per heavy atom. The van der Waals surface area contributed by atoms with E-state index in [0.29, 0.717) is 11.4 Å². The Labute approximate surface area is 138 Å². The van der Waals surface area contributed by atoms with Crippen LogP contribution in [0.3, 0.4) is 0 Å². The van der Waals surface area contributed by atoms with E-state index in [2.05, 4.69) is 37.2 Å². The van der Waals surface area contributed by atoms with Crippen molar-refractivity contribution in [1.82, 2.24) is 0 Å². The molecule has 0 fully saturated rings. The Balaban J connectivity index is 2.38. The summed E-state index contributed by atoms with van der Waals surface area (Å²) < 4.78 is 20.3. The predicted octanol–water partition coefficient (Wildman–Crippen LogP) is 4.92. The van der Waals surface area contributed by atoms with Gasteiger partial charge in [-0.25, -0.2) is 4.39 Å². The van der Waals surface area contributed by atoms with Crippen molar-refractivity contribution in [2.75, 3.05) is 12.4 Å². The van der Waals surface area contributed by atoms with E-state index in [4.69, 9.17) is 4.74 Å². The second kappa shape index (κ2) is 6.58. The highest BCUT2D eigenvalue weighted by atomic mass is 79.9. The highest BCUT2D eigenvalue weighted by Crippen LogP contribution is 2.32. The van der Waals surface area contributed by atoms with Crippen LogP contribution in [0.1, 0.15) is 15.9 Å². The van der Waals surface area contributed by atoms with Gasteiger partial charge in [0.05, 0.1) is 22.8 Å². The third kappa shape index (κ3) is 3.44. The second-order valence-corrected chi connectivity index (χ2v) is 6.13. The Hall–Kier alpha value is -1.40. The number of nitrogens with one attached hydrogen (secondary N) is 1. The van der Waals surface area contributed by atoms with Gasteiger partial charge in [0.25, 0.3) is 5.91 Å². The zero-order valence-corrected chi connectivity index (χ0v) is 14.5. The van der Waals surface area contributed by atoms with Crippen LogP contribution in [0.4, 0.5) is 10.1 Å². The molecule has 0 spiro atoms. The summed E-state index contributed by atoms with van der Waals surface area (Å²) in [6.07, 6.45) is 0. The molecule has 3 nitrogen and oxygen atoms in total. The van der Waals surface area contributed by atoms with Gasteiger partial charge in [0.15, 0.2) is 0 Å². The zero-order chi connectivity index (χ0) is 15.6. The molecule has 0 aliphatic rings. The van der Waals surface area contributed by atoms with Gasteiger partial charge in [-0.1, -0.05) is 22.0 Å². The molecule has 0 heterocycles. The molecule has 0 aliphatic heterocycles. The van der Waals surface area contributed by atoms with Crippen molar-refractivity contribution in [2.45, 2.75) is 6.92 Å². The maximum Gasteiger partial charge on any atom is 0.258 e. The quantitative estimate of drug-likeness (QED) is 0.771. The second-order valence-electron chi connectivity index (χ2n) is 4.36. The van der Waals surface area contributed by atoms with Crippen LogP contribution < -0.4 is 10.1 Å². The topological polar surface area (TPSA) is 38.3 Å². The van der Waals surface area contributed by atoms with Gasteiger partial charge in [-0.2, -0.15) is 0 Å². The van der Waals surface area contributed by atoms with E-state index in [9.17, 15) is 9.18 Å². The molecule has 0 aliphatic carbocycles. The van der Waals surface area contributed by atoms with E-state index in [1.54, 1.807) is 12.1 Å². The summed E-state index contributed by atoms with van der Waals surface area (Å²) in [5, 5.41) is 2.70. The first-order valence-electron chi connectivity index (χ1n) is 6.03. The number of anilines is 1. The molecule has 2 rings (SSSR count). The van der Waals surface area contributed by atoms with E-state index in [-0.39, 0.29) is 10.0 Å². The van der Waals surface area contributed by atoms with Crippen molar-refractivity contribution in [3.05, 3.63) is 56.2 Å². The van der Waals surface area contributed by atoms with Gasteiger partial charge >= 0.3 is 0 Å². The van der Waals surface area contributed by atoms with Gasteiger partial charge < -0.3 is 10.1 Å². The highest BCUT2D eigenvalue weighted by Gasteiger charge is 2.17. The number of benzene rings is 2. The number of aryl methyl sites for hydroxylation is 1. The molecule has 1 amide bonds. The van der Waals surface area contributed by atoms with Gasteiger partial charge in [0.2, 0.25) is 0 Å². The maximum atomic E-state index is 14.0. The van der Waals surface area contributed by atoms with Crippen LogP contribution in [0, 0.1) is 12.7 Å². The summed E-state index contributed by atoms with van der Waals surface area (Å²) in [5.41, 5.74) is 1.30. The van der Waals surface area contributed by atoms with Gasteiger partial charge in [0.1, 0.15) is 11.6 Å². The maximum absolute atomic E-state index is 14.0. The lowest BCUT2D eigenvalue weighted by Crippen LogP contribution is -2.15. The Bertz CT molecular complexity index is 704. The summed E-state index contributed by atoms with van der Waals surface area (Å²) in [5.74, 6) is -0.619. The minimum Gasteiger partial charge on any atom is -0.495 e. The summed E-state index contributed by atoms with van der Waals surface area (Å²) in [6, 6.07) is 8.15. The van der Waals surface area contributed by atoms with Crippen molar-refractivity contribution in [3.63, 3.8) is 0 Å². The molecule has 2 aromatic carbocycles. The fourth-order valence-electron chi connectivity index (χ4n) is 1.89. The fraction of sp³-hybridized carbons (Fsp3) is 0.133.